The lowest BCUT2D eigenvalue weighted by molar-refractivity contribution is 0.184. The van der Waals surface area contributed by atoms with E-state index in [9.17, 15) is 5.11 Å². The van der Waals surface area contributed by atoms with Crippen molar-refractivity contribution in [1.29, 1.82) is 0 Å². The number of aryl methyl sites for hydroxylation is 1. The van der Waals surface area contributed by atoms with E-state index in [4.69, 9.17) is 4.74 Å². The van der Waals surface area contributed by atoms with E-state index < -0.39 is 0 Å². The van der Waals surface area contributed by atoms with Crippen LogP contribution >= 0.6 is 0 Å². The first kappa shape index (κ1) is 13.4. The van der Waals surface area contributed by atoms with Gasteiger partial charge in [-0.2, -0.15) is 0 Å². The predicted octanol–water partition coefficient (Wildman–Crippen LogP) is 2.34. The summed E-state index contributed by atoms with van der Waals surface area (Å²) in [7, 11) is 0. The predicted molar refractivity (Wildman–Crippen MR) is 72.8 cm³/mol. The first-order valence-corrected chi connectivity index (χ1v) is 6.83. The molecule has 0 spiro atoms. The van der Waals surface area contributed by atoms with Crippen LogP contribution < -0.4 is 5.32 Å². The van der Waals surface area contributed by atoms with E-state index in [1.165, 1.54) is 12.0 Å². The van der Waals surface area contributed by atoms with Crippen molar-refractivity contribution in [1.82, 2.24) is 5.32 Å². The van der Waals surface area contributed by atoms with Gasteiger partial charge in [-0.1, -0.05) is 12.1 Å². The van der Waals surface area contributed by atoms with Crippen LogP contribution in [0.15, 0.2) is 24.3 Å². The lowest BCUT2D eigenvalue weighted by Gasteiger charge is -2.16. The van der Waals surface area contributed by atoms with Gasteiger partial charge in [0.2, 0.25) is 0 Å². The molecular formula is C15H23NO2. The van der Waals surface area contributed by atoms with Crippen LogP contribution in [0.5, 0.6) is 5.75 Å². The summed E-state index contributed by atoms with van der Waals surface area (Å²) in [5.41, 5.74) is 1.28. The van der Waals surface area contributed by atoms with Gasteiger partial charge in [-0.05, 0) is 49.8 Å². The number of benzene rings is 1. The Kier molecular flexibility index (Phi) is 5.02. The molecule has 1 aromatic rings. The highest BCUT2D eigenvalue weighted by molar-refractivity contribution is 5.25. The highest BCUT2D eigenvalue weighted by atomic mass is 16.5. The molecule has 2 N–H and O–H groups in total. The average molecular weight is 249 g/mol. The van der Waals surface area contributed by atoms with Crippen LogP contribution in [0, 0.1) is 5.92 Å². The maximum Gasteiger partial charge on any atom is 0.115 e. The number of hydrogen-bond acceptors (Lipinski definition) is 3. The third-order valence-electron chi connectivity index (χ3n) is 3.58. The number of phenolic OH excluding ortho intramolecular Hbond substituents is 1. The molecule has 1 heterocycles. The summed E-state index contributed by atoms with van der Waals surface area (Å²) in [4.78, 5) is 0. The second-order valence-electron chi connectivity index (χ2n) is 5.24. The first-order valence-electron chi connectivity index (χ1n) is 6.83. The van der Waals surface area contributed by atoms with Crippen molar-refractivity contribution in [2.24, 2.45) is 5.92 Å². The van der Waals surface area contributed by atoms with Gasteiger partial charge in [-0.15, -0.1) is 0 Å². The highest BCUT2D eigenvalue weighted by Crippen LogP contribution is 2.13. The molecule has 1 fully saturated rings. The summed E-state index contributed by atoms with van der Waals surface area (Å²) >= 11 is 0. The molecule has 100 valence electrons. The quantitative estimate of drug-likeness (QED) is 0.813. The summed E-state index contributed by atoms with van der Waals surface area (Å²) in [6, 6.07) is 8.02. The average Bonchev–Trinajstić information content (AvgIpc) is 2.89. The lowest BCUT2D eigenvalue weighted by atomic mass is 10.0. The first-order chi connectivity index (χ1) is 8.74. The molecule has 0 saturated carbocycles. The topological polar surface area (TPSA) is 41.5 Å². The Bertz CT molecular complexity index is 344. The smallest absolute Gasteiger partial charge is 0.115 e. The molecule has 0 aromatic heterocycles. The standard InChI is InChI=1S/C15H23NO2/c1-12(16-10-14-8-9-18-11-14)2-3-13-4-6-15(17)7-5-13/h4-7,12,14,16-17H,2-3,8-11H2,1H3. The van der Waals surface area contributed by atoms with Crippen molar-refractivity contribution < 1.29 is 9.84 Å². The fourth-order valence-corrected chi connectivity index (χ4v) is 2.26. The van der Waals surface area contributed by atoms with Gasteiger partial charge in [0.05, 0.1) is 6.61 Å². The summed E-state index contributed by atoms with van der Waals surface area (Å²) in [6.07, 6.45) is 3.37. The maximum atomic E-state index is 9.22. The van der Waals surface area contributed by atoms with Gasteiger partial charge in [0.15, 0.2) is 0 Å². The van der Waals surface area contributed by atoms with E-state index in [0.717, 1.165) is 32.6 Å². The van der Waals surface area contributed by atoms with Crippen LogP contribution in [0.25, 0.3) is 0 Å². The third-order valence-corrected chi connectivity index (χ3v) is 3.58. The Morgan fingerprint density at radius 1 is 1.39 bits per heavy atom. The Balaban J connectivity index is 1.64. The van der Waals surface area contributed by atoms with Crippen LogP contribution in [0.4, 0.5) is 0 Å². The van der Waals surface area contributed by atoms with Crippen LogP contribution in [0.2, 0.25) is 0 Å². The summed E-state index contributed by atoms with van der Waals surface area (Å²) in [6.45, 7) is 5.14. The molecule has 18 heavy (non-hydrogen) atoms. The van der Waals surface area contributed by atoms with Crippen molar-refractivity contribution in [2.75, 3.05) is 19.8 Å². The van der Waals surface area contributed by atoms with Gasteiger partial charge in [0, 0.05) is 19.2 Å². The molecule has 1 aliphatic rings. The number of phenols is 1. The van der Waals surface area contributed by atoms with E-state index in [1.807, 2.05) is 12.1 Å². The van der Waals surface area contributed by atoms with Crippen molar-refractivity contribution in [2.45, 2.75) is 32.2 Å². The zero-order valence-electron chi connectivity index (χ0n) is 11.1. The van der Waals surface area contributed by atoms with Crippen LogP contribution in [0.3, 0.4) is 0 Å². The highest BCUT2D eigenvalue weighted by Gasteiger charge is 2.15. The van der Waals surface area contributed by atoms with Crippen LogP contribution in [-0.2, 0) is 11.2 Å². The zero-order valence-corrected chi connectivity index (χ0v) is 11.1. The molecular weight excluding hydrogens is 226 g/mol. The number of rotatable bonds is 6. The lowest BCUT2D eigenvalue weighted by Crippen LogP contribution is -2.31. The number of ether oxygens (including phenoxy) is 1. The second kappa shape index (κ2) is 6.76. The minimum absolute atomic E-state index is 0.339. The minimum Gasteiger partial charge on any atom is -0.508 e. The maximum absolute atomic E-state index is 9.22. The Morgan fingerprint density at radius 2 is 2.17 bits per heavy atom. The van der Waals surface area contributed by atoms with E-state index in [0.29, 0.717) is 17.7 Å². The summed E-state index contributed by atoms with van der Waals surface area (Å²) in [5, 5.41) is 12.8. The summed E-state index contributed by atoms with van der Waals surface area (Å²) in [5.74, 6) is 1.03. The molecule has 0 radical (unpaired) electrons. The molecule has 2 unspecified atom stereocenters. The van der Waals surface area contributed by atoms with E-state index in [2.05, 4.69) is 12.2 Å². The molecule has 1 saturated heterocycles. The fourth-order valence-electron chi connectivity index (χ4n) is 2.26. The molecule has 0 bridgehead atoms. The molecule has 2 rings (SSSR count). The SMILES string of the molecule is CC(CCc1ccc(O)cc1)NCC1CCOC1. The summed E-state index contributed by atoms with van der Waals surface area (Å²) < 4.78 is 5.37. The Hall–Kier alpha value is -1.06. The van der Waals surface area contributed by atoms with E-state index in [1.54, 1.807) is 12.1 Å². The van der Waals surface area contributed by atoms with Gasteiger partial charge in [0.1, 0.15) is 5.75 Å². The van der Waals surface area contributed by atoms with Crippen molar-refractivity contribution in [3.05, 3.63) is 29.8 Å². The van der Waals surface area contributed by atoms with Crippen molar-refractivity contribution >= 4 is 0 Å². The van der Waals surface area contributed by atoms with Gasteiger partial charge in [0.25, 0.3) is 0 Å². The molecule has 0 amide bonds. The van der Waals surface area contributed by atoms with Gasteiger partial charge >= 0.3 is 0 Å². The van der Waals surface area contributed by atoms with Gasteiger partial charge < -0.3 is 15.2 Å². The number of aromatic hydroxyl groups is 1. The number of hydrogen-bond donors (Lipinski definition) is 2. The second-order valence-corrected chi connectivity index (χ2v) is 5.24. The van der Waals surface area contributed by atoms with Gasteiger partial charge in [-0.3, -0.25) is 0 Å². The normalized spacial score (nSPS) is 21.1. The van der Waals surface area contributed by atoms with Crippen LogP contribution in [0.1, 0.15) is 25.3 Å². The Labute approximate surface area is 109 Å². The molecule has 0 aliphatic carbocycles. The molecule has 2 atom stereocenters. The van der Waals surface area contributed by atoms with Crippen molar-refractivity contribution in [3.63, 3.8) is 0 Å². The molecule has 3 nitrogen and oxygen atoms in total. The third kappa shape index (κ3) is 4.31. The van der Waals surface area contributed by atoms with Crippen molar-refractivity contribution in [3.8, 4) is 5.75 Å². The van der Waals surface area contributed by atoms with E-state index >= 15 is 0 Å². The van der Waals surface area contributed by atoms with E-state index in [-0.39, 0.29) is 0 Å². The molecule has 3 heteroatoms. The zero-order chi connectivity index (χ0) is 12.8. The monoisotopic (exact) mass is 249 g/mol. The number of nitrogens with one attached hydrogen (secondary N) is 1. The molecule has 1 aliphatic heterocycles. The molecule has 1 aromatic carbocycles. The Morgan fingerprint density at radius 3 is 2.83 bits per heavy atom. The van der Waals surface area contributed by atoms with Gasteiger partial charge in [-0.25, -0.2) is 0 Å². The largest absolute Gasteiger partial charge is 0.508 e. The minimum atomic E-state index is 0.339. The fraction of sp³-hybridized carbons (Fsp3) is 0.600. The van der Waals surface area contributed by atoms with Crippen LogP contribution in [-0.4, -0.2) is 30.9 Å².